The van der Waals surface area contributed by atoms with Gasteiger partial charge in [-0.3, -0.25) is 15.1 Å². The minimum atomic E-state index is -0.372. The van der Waals surface area contributed by atoms with Crippen LogP contribution in [0.3, 0.4) is 0 Å². The van der Waals surface area contributed by atoms with Crippen LogP contribution in [0, 0.1) is 10.1 Å². The lowest BCUT2D eigenvalue weighted by Gasteiger charge is -2.08. The predicted molar refractivity (Wildman–Crippen MR) is 94.2 cm³/mol. The Hall–Kier alpha value is -2.16. The number of thiophene rings is 1. The summed E-state index contributed by atoms with van der Waals surface area (Å²) in [5.41, 5.74) is 0.820. The van der Waals surface area contributed by atoms with Gasteiger partial charge in [0.05, 0.1) is 21.3 Å². The lowest BCUT2D eigenvalue weighted by molar-refractivity contribution is -0.380. The molecule has 0 atom stereocenters. The molecule has 0 fully saturated rings. The number of nitro groups is 1. The molecule has 0 N–H and O–H groups in total. The number of nitrogens with zero attached hydrogens (tertiary/aromatic N) is 2. The van der Waals surface area contributed by atoms with Gasteiger partial charge in [-0.05, 0) is 24.3 Å². The number of rotatable bonds is 7. The molecule has 0 radical (unpaired) electrons. The molecule has 0 aliphatic heterocycles. The molecule has 2 heterocycles. The van der Waals surface area contributed by atoms with E-state index in [2.05, 4.69) is 4.98 Å². The first-order valence-corrected chi connectivity index (χ1v) is 8.73. The first kappa shape index (κ1) is 16.7. The average Bonchev–Trinajstić information content (AvgIpc) is 3.04. The molecule has 24 heavy (non-hydrogen) atoms. The molecule has 0 unspecified atom stereocenters. The minimum Gasteiger partial charge on any atom is -0.491 e. The van der Waals surface area contributed by atoms with Crippen molar-refractivity contribution in [3.05, 3.63) is 52.7 Å². The highest BCUT2D eigenvalue weighted by Crippen LogP contribution is 2.39. The fourth-order valence-electron chi connectivity index (χ4n) is 2.10. The Bertz CT molecular complexity index is 866. The van der Waals surface area contributed by atoms with Crippen LogP contribution in [0.1, 0.15) is 0 Å². The van der Waals surface area contributed by atoms with Crippen LogP contribution in [-0.4, -0.2) is 30.2 Å². The predicted octanol–water partition coefficient (Wildman–Crippen LogP) is 4.38. The number of aromatic nitrogens is 1. The standard InChI is InChI=1S/C16H14N2O4S2/c1-21-8-9-22-11-2-3-12-13(10-11)17-7-6-14(12)23-16-5-4-15(24-16)18(19)20/h2-7,10H,8-9H2,1H3. The van der Waals surface area contributed by atoms with Crippen LogP contribution < -0.4 is 4.74 Å². The fraction of sp³-hybridized carbons (Fsp3) is 0.188. The van der Waals surface area contributed by atoms with Crippen molar-refractivity contribution in [1.29, 1.82) is 0 Å². The Balaban J connectivity index is 1.84. The van der Waals surface area contributed by atoms with E-state index in [9.17, 15) is 10.1 Å². The first-order chi connectivity index (χ1) is 11.7. The lowest BCUT2D eigenvalue weighted by Crippen LogP contribution is -2.04. The van der Waals surface area contributed by atoms with Gasteiger partial charge in [0.2, 0.25) is 0 Å². The number of pyridine rings is 1. The molecule has 3 aromatic rings. The van der Waals surface area contributed by atoms with Gasteiger partial charge < -0.3 is 9.47 Å². The van der Waals surface area contributed by atoms with Gasteiger partial charge in [-0.1, -0.05) is 23.1 Å². The Labute approximate surface area is 146 Å². The van der Waals surface area contributed by atoms with Crippen molar-refractivity contribution in [2.75, 3.05) is 20.3 Å². The van der Waals surface area contributed by atoms with Gasteiger partial charge in [0.15, 0.2) is 0 Å². The molecule has 0 amide bonds. The van der Waals surface area contributed by atoms with Crippen LogP contribution in [0.15, 0.2) is 51.7 Å². The second kappa shape index (κ2) is 7.61. The summed E-state index contributed by atoms with van der Waals surface area (Å²) in [6, 6.07) is 10.9. The normalized spacial score (nSPS) is 10.9. The number of hydrogen-bond donors (Lipinski definition) is 0. The highest BCUT2D eigenvalue weighted by Gasteiger charge is 2.12. The van der Waals surface area contributed by atoms with E-state index >= 15 is 0 Å². The molecule has 6 nitrogen and oxygen atoms in total. The third-order valence-electron chi connectivity index (χ3n) is 3.19. The zero-order chi connectivity index (χ0) is 16.9. The van der Waals surface area contributed by atoms with Gasteiger partial charge in [0, 0.05) is 35.7 Å². The van der Waals surface area contributed by atoms with Crippen molar-refractivity contribution in [2.45, 2.75) is 9.10 Å². The highest BCUT2D eigenvalue weighted by atomic mass is 32.2. The summed E-state index contributed by atoms with van der Waals surface area (Å²) in [6.07, 6.45) is 1.73. The van der Waals surface area contributed by atoms with Gasteiger partial charge in [0.25, 0.3) is 0 Å². The van der Waals surface area contributed by atoms with Gasteiger partial charge in [-0.15, -0.1) is 0 Å². The molecule has 0 spiro atoms. The zero-order valence-corrected chi connectivity index (χ0v) is 14.4. The fourth-order valence-corrected chi connectivity index (χ4v) is 4.10. The van der Waals surface area contributed by atoms with E-state index < -0.39 is 0 Å². The molecule has 8 heteroatoms. The van der Waals surface area contributed by atoms with E-state index in [1.54, 1.807) is 19.4 Å². The molecular weight excluding hydrogens is 348 g/mol. The summed E-state index contributed by atoms with van der Waals surface area (Å²) in [5, 5.41) is 11.9. The molecular formula is C16H14N2O4S2. The largest absolute Gasteiger partial charge is 0.491 e. The minimum absolute atomic E-state index is 0.143. The second-order valence-electron chi connectivity index (χ2n) is 4.78. The Morgan fingerprint density at radius 3 is 2.88 bits per heavy atom. The summed E-state index contributed by atoms with van der Waals surface area (Å²) in [5.74, 6) is 0.737. The van der Waals surface area contributed by atoms with Crippen molar-refractivity contribution in [2.24, 2.45) is 0 Å². The third kappa shape index (κ3) is 3.84. The smallest absolute Gasteiger partial charge is 0.325 e. The van der Waals surface area contributed by atoms with Gasteiger partial charge >= 0.3 is 5.00 Å². The van der Waals surface area contributed by atoms with E-state index in [4.69, 9.17) is 9.47 Å². The van der Waals surface area contributed by atoms with Crippen LogP contribution in [-0.2, 0) is 4.74 Å². The van der Waals surface area contributed by atoms with Gasteiger partial charge in [-0.2, -0.15) is 0 Å². The van der Waals surface area contributed by atoms with Crippen molar-refractivity contribution in [3.8, 4) is 5.75 Å². The van der Waals surface area contributed by atoms with Crippen molar-refractivity contribution < 1.29 is 14.4 Å². The third-order valence-corrected chi connectivity index (χ3v) is 5.43. The maximum absolute atomic E-state index is 10.8. The summed E-state index contributed by atoms with van der Waals surface area (Å²) < 4.78 is 11.4. The number of fused-ring (bicyclic) bond motifs is 1. The Morgan fingerprint density at radius 1 is 1.25 bits per heavy atom. The van der Waals surface area contributed by atoms with Gasteiger partial charge in [0.1, 0.15) is 12.4 Å². The number of benzene rings is 1. The monoisotopic (exact) mass is 362 g/mol. The zero-order valence-electron chi connectivity index (χ0n) is 12.8. The number of methoxy groups -OCH3 is 1. The summed E-state index contributed by atoms with van der Waals surface area (Å²) in [6.45, 7) is 1.01. The number of ether oxygens (including phenoxy) is 2. The molecule has 3 rings (SSSR count). The molecule has 0 saturated carbocycles. The van der Waals surface area contributed by atoms with Crippen molar-refractivity contribution in [1.82, 2.24) is 4.98 Å². The SMILES string of the molecule is COCCOc1ccc2c(Sc3ccc([N+](=O)[O-])s3)ccnc2c1. The van der Waals surface area contributed by atoms with E-state index in [1.807, 2.05) is 24.3 Å². The summed E-state index contributed by atoms with van der Waals surface area (Å²) >= 11 is 2.66. The number of hydrogen-bond acceptors (Lipinski definition) is 7. The van der Waals surface area contributed by atoms with Crippen LogP contribution in [0.4, 0.5) is 5.00 Å². The van der Waals surface area contributed by atoms with Crippen molar-refractivity contribution in [3.63, 3.8) is 0 Å². The maximum Gasteiger partial charge on any atom is 0.325 e. The van der Waals surface area contributed by atoms with Crippen molar-refractivity contribution >= 4 is 39.0 Å². The topological polar surface area (TPSA) is 74.5 Å². The van der Waals surface area contributed by atoms with Crippen LogP contribution in [0.2, 0.25) is 0 Å². The summed E-state index contributed by atoms with van der Waals surface area (Å²) in [7, 11) is 1.63. The molecule has 1 aromatic carbocycles. The average molecular weight is 362 g/mol. The molecule has 0 bridgehead atoms. The van der Waals surface area contributed by atoms with Crippen LogP contribution in [0.25, 0.3) is 10.9 Å². The van der Waals surface area contributed by atoms with E-state index in [1.165, 1.54) is 29.2 Å². The van der Waals surface area contributed by atoms with Crippen LogP contribution >= 0.6 is 23.1 Å². The van der Waals surface area contributed by atoms with E-state index in [0.29, 0.717) is 13.2 Å². The molecule has 0 saturated heterocycles. The quantitative estimate of drug-likeness (QED) is 0.353. The molecule has 124 valence electrons. The maximum atomic E-state index is 10.8. The van der Waals surface area contributed by atoms with Gasteiger partial charge in [-0.25, -0.2) is 0 Å². The summed E-state index contributed by atoms with van der Waals surface area (Å²) in [4.78, 5) is 15.8. The molecule has 0 aliphatic carbocycles. The van der Waals surface area contributed by atoms with E-state index in [-0.39, 0.29) is 9.92 Å². The Kier molecular flexibility index (Phi) is 5.29. The molecule has 2 aromatic heterocycles. The van der Waals surface area contributed by atoms with E-state index in [0.717, 1.165) is 25.8 Å². The lowest BCUT2D eigenvalue weighted by atomic mass is 10.2. The highest BCUT2D eigenvalue weighted by molar-refractivity contribution is 8.01. The first-order valence-electron chi connectivity index (χ1n) is 7.10. The van der Waals surface area contributed by atoms with Crippen LogP contribution in [0.5, 0.6) is 5.75 Å². The Morgan fingerprint density at radius 2 is 2.12 bits per heavy atom. The molecule has 0 aliphatic rings. The second-order valence-corrected chi connectivity index (χ2v) is 7.19.